The maximum absolute atomic E-state index is 10.6. The van der Waals surface area contributed by atoms with E-state index in [-0.39, 0.29) is 6.42 Å². The first kappa shape index (κ1) is 12.0. The fourth-order valence-corrected chi connectivity index (χ4v) is 2.34. The van der Waals surface area contributed by atoms with Crippen molar-refractivity contribution in [3.05, 3.63) is 29.3 Å². The van der Waals surface area contributed by atoms with Gasteiger partial charge in [-0.1, -0.05) is 26.0 Å². The molecule has 1 aromatic carbocycles. The Bertz CT molecular complexity index is 426. The zero-order valence-electron chi connectivity index (χ0n) is 10.4. The van der Waals surface area contributed by atoms with Crippen LogP contribution in [0.1, 0.15) is 49.7 Å². The summed E-state index contributed by atoms with van der Waals surface area (Å²) in [6, 6.07) is 6.49. The molecule has 0 saturated heterocycles. The van der Waals surface area contributed by atoms with E-state index in [1.165, 1.54) is 16.8 Å². The Hall–Kier alpha value is -1.51. The molecule has 0 bridgehead atoms. The summed E-state index contributed by atoms with van der Waals surface area (Å²) in [4.78, 5) is 10.6. The first-order valence-corrected chi connectivity index (χ1v) is 6.17. The Labute approximate surface area is 102 Å². The van der Waals surface area contributed by atoms with Gasteiger partial charge in [-0.2, -0.15) is 0 Å². The van der Waals surface area contributed by atoms with E-state index in [9.17, 15) is 4.79 Å². The van der Waals surface area contributed by atoms with Crippen LogP contribution in [0.15, 0.2) is 18.2 Å². The lowest BCUT2D eigenvalue weighted by atomic mass is 9.92. The van der Waals surface area contributed by atoms with Gasteiger partial charge in [0.25, 0.3) is 0 Å². The number of nitrogens with one attached hydrogen (secondary N) is 1. The lowest BCUT2D eigenvalue weighted by molar-refractivity contribution is -0.137. The Morgan fingerprint density at radius 3 is 2.94 bits per heavy atom. The van der Waals surface area contributed by atoms with Gasteiger partial charge in [-0.25, -0.2) is 0 Å². The molecule has 17 heavy (non-hydrogen) atoms. The molecule has 1 aliphatic heterocycles. The fraction of sp³-hybridized carbons (Fsp3) is 0.500. The monoisotopic (exact) mass is 233 g/mol. The first-order chi connectivity index (χ1) is 8.08. The second kappa shape index (κ2) is 4.78. The molecule has 1 unspecified atom stereocenters. The van der Waals surface area contributed by atoms with E-state index in [2.05, 4.69) is 37.4 Å². The average Bonchev–Trinajstić information content (AvgIpc) is 2.68. The van der Waals surface area contributed by atoms with Crippen molar-refractivity contribution in [3.63, 3.8) is 0 Å². The van der Waals surface area contributed by atoms with Crippen molar-refractivity contribution in [2.75, 3.05) is 11.9 Å². The number of hydrogen-bond donors (Lipinski definition) is 2. The van der Waals surface area contributed by atoms with Crippen molar-refractivity contribution in [2.24, 2.45) is 0 Å². The number of fused-ring (bicyclic) bond motifs is 1. The Kier molecular flexibility index (Phi) is 3.36. The maximum atomic E-state index is 10.6. The largest absolute Gasteiger partial charge is 0.481 e. The van der Waals surface area contributed by atoms with Crippen molar-refractivity contribution in [1.82, 2.24) is 0 Å². The van der Waals surface area contributed by atoms with Crippen molar-refractivity contribution in [1.29, 1.82) is 0 Å². The summed E-state index contributed by atoms with van der Waals surface area (Å²) < 4.78 is 0. The molecule has 1 aliphatic rings. The maximum Gasteiger partial charge on any atom is 0.303 e. The van der Waals surface area contributed by atoms with Gasteiger partial charge in [0.2, 0.25) is 0 Å². The molecule has 0 fully saturated rings. The molecule has 1 atom stereocenters. The van der Waals surface area contributed by atoms with E-state index in [1.54, 1.807) is 0 Å². The second-order valence-electron chi connectivity index (χ2n) is 5.01. The molecule has 0 radical (unpaired) electrons. The van der Waals surface area contributed by atoms with E-state index >= 15 is 0 Å². The molecule has 1 aromatic rings. The Morgan fingerprint density at radius 1 is 1.53 bits per heavy atom. The predicted octanol–water partition coefficient (Wildman–Crippen LogP) is 3.18. The predicted molar refractivity (Wildman–Crippen MR) is 68.6 cm³/mol. The van der Waals surface area contributed by atoms with Gasteiger partial charge in [0.05, 0.1) is 0 Å². The molecule has 0 saturated carbocycles. The van der Waals surface area contributed by atoms with Crippen LogP contribution in [0.25, 0.3) is 0 Å². The van der Waals surface area contributed by atoms with Gasteiger partial charge in [-0.3, -0.25) is 4.79 Å². The number of benzene rings is 1. The number of aliphatic carboxylic acids is 1. The number of anilines is 1. The van der Waals surface area contributed by atoms with Crippen molar-refractivity contribution in [2.45, 2.75) is 38.5 Å². The van der Waals surface area contributed by atoms with Crippen LogP contribution in [0, 0.1) is 0 Å². The third-order valence-electron chi connectivity index (χ3n) is 3.43. The molecule has 2 rings (SSSR count). The van der Waals surface area contributed by atoms with Crippen LogP contribution < -0.4 is 5.32 Å². The quantitative estimate of drug-likeness (QED) is 0.839. The smallest absolute Gasteiger partial charge is 0.303 e. The van der Waals surface area contributed by atoms with Gasteiger partial charge in [-0.15, -0.1) is 0 Å². The summed E-state index contributed by atoms with van der Waals surface area (Å²) in [7, 11) is 0. The van der Waals surface area contributed by atoms with Gasteiger partial charge in [0.1, 0.15) is 0 Å². The van der Waals surface area contributed by atoms with Crippen LogP contribution in [0.4, 0.5) is 5.69 Å². The highest BCUT2D eigenvalue weighted by Gasteiger charge is 2.23. The van der Waals surface area contributed by atoms with E-state index in [4.69, 9.17) is 5.11 Å². The lowest BCUT2D eigenvalue weighted by Crippen LogP contribution is -2.05. The molecule has 3 heteroatoms. The molecular formula is C14H19NO2. The van der Waals surface area contributed by atoms with Crippen LogP contribution in [0.2, 0.25) is 0 Å². The molecule has 0 spiro atoms. The fourth-order valence-electron chi connectivity index (χ4n) is 2.34. The minimum Gasteiger partial charge on any atom is -0.481 e. The van der Waals surface area contributed by atoms with Crippen LogP contribution >= 0.6 is 0 Å². The second-order valence-corrected chi connectivity index (χ2v) is 5.01. The minimum atomic E-state index is -0.710. The van der Waals surface area contributed by atoms with Gasteiger partial charge < -0.3 is 10.4 Å². The normalized spacial score (nSPS) is 17.9. The van der Waals surface area contributed by atoms with E-state index < -0.39 is 5.97 Å². The topological polar surface area (TPSA) is 49.3 Å². The molecule has 1 heterocycles. The highest BCUT2D eigenvalue weighted by Crippen LogP contribution is 2.36. The Morgan fingerprint density at radius 2 is 2.29 bits per heavy atom. The van der Waals surface area contributed by atoms with Gasteiger partial charge in [0, 0.05) is 24.6 Å². The van der Waals surface area contributed by atoms with E-state index in [1.807, 2.05) is 0 Å². The summed E-state index contributed by atoms with van der Waals surface area (Å²) in [5.41, 5.74) is 3.79. The third kappa shape index (κ3) is 2.60. The van der Waals surface area contributed by atoms with Crippen LogP contribution in [-0.2, 0) is 4.79 Å². The SMILES string of the molecule is CC(C)c1ccc2c(c1)C(CCC(=O)O)CN2. The molecule has 0 aromatic heterocycles. The summed E-state index contributed by atoms with van der Waals surface area (Å²) in [6.07, 6.45) is 0.967. The third-order valence-corrected chi connectivity index (χ3v) is 3.43. The van der Waals surface area contributed by atoms with Crippen molar-refractivity contribution >= 4 is 11.7 Å². The summed E-state index contributed by atoms with van der Waals surface area (Å²) >= 11 is 0. The van der Waals surface area contributed by atoms with E-state index in [0.717, 1.165) is 13.0 Å². The number of hydrogen-bond acceptors (Lipinski definition) is 2. The van der Waals surface area contributed by atoms with Gasteiger partial charge in [-0.05, 0) is 29.5 Å². The van der Waals surface area contributed by atoms with Crippen molar-refractivity contribution in [3.8, 4) is 0 Å². The highest BCUT2D eigenvalue weighted by molar-refractivity contribution is 5.67. The molecular weight excluding hydrogens is 214 g/mol. The number of carbonyl (C=O) groups is 1. The van der Waals surface area contributed by atoms with Crippen LogP contribution in [-0.4, -0.2) is 17.6 Å². The highest BCUT2D eigenvalue weighted by atomic mass is 16.4. The number of carboxylic acids is 1. The standard InChI is InChI=1S/C14H19NO2/c1-9(2)10-3-5-13-12(7-10)11(8-15-13)4-6-14(16)17/h3,5,7,9,11,15H,4,6,8H2,1-2H3,(H,16,17). The molecule has 2 N–H and O–H groups in total. The zero-order valence-corrected chi connectivity index (χ0v) is 10.4. The molecule has 0 amide bonds. The Balaban J connectivity index is 2.17. The summed E-state index contributed by atoms with van der Waals surface area (Å²) in [5, 5.41) is 12.1. The number of rotatable bonds is 4. The van der Waals surface area contributed by atoms with Gasteiger partial charge >= 0.3 is 5.97 Å². The lowest BCUT2D eigenvalue weighted by Gasteiger charge is -2.11. The number of carboxylic acid groups (broad SMARTS) is 1. The van der Waals surface area contributed by atoms with Gasteiger partial charge in [0.15, 0.2) is 0 Å². The molecule has 92 valence electrons. The van der Waals surface area contributed by atoms with Crippen molar-refractivity contribution < 1.29 is 9.90 Å². The van der Waals surface area contributed by atoms with Crippen LogP contribution in [0.5, 0.6) is 0 Å². The molecule has 3 nitrogen and oxygen atoms in total. The summed E-state index contributed by atoms with van der Waals surface area (Å²) in [6.45, 7) is 5.22. The summed E-state index contributed by atoms with van der Waals surface area (Å²) in [5.74, 6) is 0.152. The average molecular weight is 233 g/mol. The molecule has 0 aliphatic carbocycles. The minimum absolute atomic E-state index is 0.248. The van der Waals surface area contributed by atoms with Crippen LogP contribution in [0.3, 0.4) is 0 Å². The first-order valence-electron chi connectivity index (χ1n) is 6.17. The van der Waals surface area contributed by atoms with E-state index in [0.29, 0.717) is 11.8 Å². The zero-order chi connectivity index (χ0) is 12.4.